The lowest BCUT2D eigenvalue weighted by atomic mass is 9.66. The maximum atomic E-state index is 14.6. The van der Waals surface area contributed by atoms with Gasteiger partial charge in [-0.15, -0.1) is 0 Å². The SMILES string of the molecule is CC(C)(C)C(c1cccc(CS(=O)(=O)c2ccccc2)c1)C1C(=O)OC(Cc2ccccc2)(Cc2ccccc2)C1=O. The number of esters is 1. The lowest BCUT2D eigenvalue weighted by molar-refractivity contribution is -0.153. The first kappa shape index (κ1) is 29.5. The predicted molar refractivity (Wildman–Crippen MR) is 164 cm³/mol. The van der Waals surface area contributed by atoms with Crippen LogP contribution in [0.3, 0.4) is 0 Å². The molecule has 0 saturated carbocycles. The molecule has 0 radical (unpaired) electrons. The number of carbonyl (C=O) groups excluding carboxylic acids is 2. The monoisotopic (exact) mass is 580 g/mol. The molecule has 2 unspecified atom stereocenters. The van der Waals surface area contributed by atoms with Crippen molar-refractivity contribution in [3.63, 3.8) is 0 Å². The molecule has 1 aliphatic heterocycles. The van der Waals surface area contributed by atoms with Crippen molar-refractivity contribution in [1.29, 1.82) is 0 Å². The van der Waals surface area contributed by atoms with Gasteiger partial charge in [0.05, 0.1) is 10.6 Å². The number of cyclic esters (lactones) is 1. The molecule has 0 N–H and O–H groups in total. The molecular weight excluding hydrogens is 544 g/mol. The lowest BCUT2D eigenvalue weighted by Crippen LogP contribution is -2.44. The number of ether oxygens (including phenoxy) is 1. The van der Waals surface area contributed by atoms with Crippen LogP contribution in [-0.2, 0) is 42.8 Å². The van der Waals surface area contributed by atoms with Gasteiger partial charge in [0.25, 0.3) is 0 Å². The molecule has 5 rings (SSSR count). The van der Waals surface area contributed by atoms with Gasteiger partial charge in [0.1, 0.15) is 5.92 Å². The minimum Gasteiger partial charge on any atom is -0.450 e. The Hall–Kier alpha value is -4.03. The quantitative estimate of drug-likeness (QED) is 0.162. The van der Waals surface area contributed by atoms with Crippen LogP contribution in [0.5, 0.6) is 0 Å². The van der Waals surface area contributed by atoms with Gasteiger partial charge >= 0.3 is 5.97 Å². The summed E-state index contributed by atoms with van der Waals surface area (Å²) in [6.45, 7) is 6.00. The van der Waals surface area contributed by atoms with Gasteiger partial charge in [-0.2, -0.15) is 0 Å². The second-order valence-electron chi connectivity index (χ2n) is 12.2. The van der Waals surface area contributed by atoms with Crippen molar-refractivity contribution in [2.45, 2.75) is 55.8 Å². The minimum absolute atomic E-state index is 0.184. The van der Waals surface area contributed by atoms with Crippen LogP contribution in [0.2, 0.25) is 0 Å². The van der Waals surface area contributed by atoms with Gasteiger partial charge in [-0.25, -0.2) is 8.42 Å². The average molecular weight is 581 g/mol. The molecule has 4 aromatic rings. The maximum absolute atomic E-state index is 14.6. The van der Waals surface area contributed by atoms with Crippen LogP contribution >= 0.6 is 0 Å². The van der Waals surface area contributed by atoms with Crippen LogP contribution in [0.15, 0.2) is 120 Å². The molecular formula is C36H36O5S. The fraction of sp³-hybridized carbons (Fsp3) is 0.278. The van der Waals surface area contributed by atoms with E-state index in [-0.39, 0.29) is 29.3 Å². The van der Waals surface area contributed by atoms with Gasteiger partial charge in [0.2, 0.25) is 0 Å². The summed E-state index contributed by atoms with van der Waals surface area (Å²) in [5.74, 6) is -2.50. The number of Topliss-reactive ketones (excluding diaryl/α,β-unsaturated/α-hetero) is 1. The highest BCUT2D eigenvalue weighted by Crippen LogP contribution is 2.48. The van der Waals surface area contributed by atoms with Crippen LogP contribution in [0.1, 0.15) is 48.9 Å². The van der Waals surface area contributed by atoms with Gasteiger partial charge in [-0.3, -0.25) is 9.59 Å². The van der Waals surface area contributed by atoms with Crippen LogP contribution in [0, 0.1) is 11.3 Å². The first-order valence-electron chi connectivity index (χ1n) is 14.2. The second kappa shape index (κ2) is 11.7. The van der Waals surface area contributed by atoms with Crippen molar-refractivity contribution >= 4 is 21.6 Å². The standard InChI is InChI=1S/C36H36O5S/c1-35(2,3)32(29-19-13-18-28(22-29)25-42(39,40)30-20-11-6-12-21-30)31-33(37)36(41-34(31)38,23-26-14-7-4-8-15-26)24-27-16-9-5-10-17-27/h4-22,31-32H,23-25H2,1-3H3. The summed E-state index contributed by atoms with van der Waals surface area (Å²) in [7, 11) is -3.58. The fourth-order valence-corrected chi connectivity index (χ4v) is 7.50. The highest BCUT2D eigenvalue weighted by atomic mass is 32.2. The molecule has 1 heterocycles. The van der Waals surface area contributed by atoms with E-state index in [2.05, 4.69) is 0 Å². The Morgan fingerprint density at radius 3 is 1.74 bits per heavy atom. The van der Waals surface area contributed by atoms with Crippen LogP contribution < -0.4 is 0 Å². The molecule has 4 aromatic carbocycles. The molecule has 0 bridgehead atoms. The first-order valence-corrected chi connectivity index (χ1v) is 15.9. The Morgan fingerprint density at radius 2 is 1.21 bits per heavy atom. The Labute approximate surface area is 248 Å². The van der Waals surface area contributed by atoms with Crippen molar-refractivity contribution in [1.82, 2.24) is 0 Å². The molecule has 2 atom stereocenters. The lowest BCUT2D eigenvalue weighted by Gasteiger charge is -2.34. The molecule has 6 heteroatoms. The number of hydrogen-bond donors (Lipinski definition) is 0. The summed E-state index contributed by atoms with van der Waals surface area (Å²) in [4.78, 5) is 28.6. The molecule has 1 aliphatic rings. The van der Waals surface area contributed by atoms with Gasteiger partial charge in [-0.1, -0.05) is 124 Å². The van der Waals surface area contributed by atoms with E-state index in [0.717, 1.165) is 16.7 Å². The molecule has 1 fully saturated rings. The van der Waals surface area contributed by atoms with E-state index in [4.69, 9.17) is 4.74 Å². The van der Waals surface area contributed by atoms with Gasteiger partial charge in [-0.05, 0) is 39.8 Å². The highest BCUT2D eigenvalue weighted by molar-refractivity contribution is 7.90. The number of rotatable bonds is 9. The van der Waals surface area contributed by atoms with Gasteiger partial charge in [0, 0.05) is 18.8 Å². The molecule has 5 nitrogen and oxygen atoms in total. The van der Waals surface area contributed by atoms with Crippen molar-refractivity contribution < 1.29 is 22.7 Å². The predicted octanol–water partition coefficient (Wildman–Crippen LogP) is 6.76. The van der Waals surface area contributed by atoms with E-state index in [0.29, 0.717) is 5.56 Å². The van der Waals surface area contributed by atoms with Gasteiger partial charge in [0.15, 0.2) is 21.2 Å². The Morgan fingerprint density at radius 1 is 0.714 bits per heavy atom. The summed E-state index contributed by atoms with van der Waals surface area (Å²) in [5.41, 5.74) is 1.32. The number of hydrogen-bond acceptors (Lipinski definition) is 5. The molecule has 0 spiro atoms. The largest absolute Gasteiger partial charge is 0.450 e. The first-order chi connectivity index (χ1) is 20.0. The normalized spacial score (nSPS) is 17.5. The van der Waals surface area contributed by atoms with E-state index in [1.807, 2.05) is 93.6 Å². The average Bonchev–Trinajstić information content (AvgIpc) is 3.18. The van der Waals surface area contributed by atoms with Crippen molar-refractivity contribution in [2.75, 3.05) is 0 Å². The summed E-state index contributed by atoms with van der Waals surface area (Å²) < 4.78 is 32.5. The third-order valence-corrected chi connectivity index (χ3v) is 9.69. The van der Waals surface area contributed by atoms with E-state index >= 15 is 0 Å². The molecule has 42 heavy (non-hydrogen) atoms. The summed E-state index contributed by atoms with van der Waals surface area (Å²) in [6, 6.07) is 34.9. The second-order valence-corrected chi connectivity index (χ2v) is 14.2. The fourth-order valence-electron chi connectivity index (χ4n) is 6.14. The molecule has 1 saturated heterocycles. The highest BCUT2D eigenvalue weighted by Gasteiger charge is 2.59. The smallest absolute Gasteiger partial charge is 0.318 e. The third-order valence-electron chi connectivity index (χ3n) is 7.98. The summed E-state index contributed by atoms with van der Waals surface area (Å²) in [5, 5.41) is 0. The number of ketones is 1. The van der Waals surface area contributed by atoms with E-state index < -0.39 is 38.7 Å². The zero-order valence-corrected chi connectivity index (χ0v) is 25.0. The topological polar surface area (TPSA) is 77.5 Å². The van der Waals surface area contributed by atoms with Crippen LogP contribution in [0.4, 0.5) is 0 Å². The Bertz CT molecular complexity index is 1610. The zero-order chi connectivity index (χ0) is 30.0. The number of benzene rings is 4. The molecule has 0 aliphatic carbocycles. The third kappa shape index (κ3) is 6.24. The maximum Gasteiger partial charge on any atom is 0.318 e. The van der Waals surface area contributed by atoms with E-state index in [1.54, 1.807) is 42.5 Å². The van der Waals surface area contributed by atoms with E-state index in [9.17, 15) is 18.0 Å². The van der Waals surface area contributed by atoms with Crippen LogP contribution in [0.25, 0.3) is 0 Å². The number of sulfone groups is 1. The van der Waals surface area contributed by atoms with Gasteiger partial charge < -0.3 is 4.74 Å². The van der Waals surface area contributed by atoms with Crippen molar-refractivity contribution in [3.05, 3.63) is 138 Å². The Kier molecular flexibility index (Phi) is 8.20. The Balaban J connectivity index is 1.53. The molecule has 216 valence electrons. The summed E-state index contributed by atoms with van der Waals surface area (Å²) in [6.07, 6.45) is 0.548. The molecule has 0 aromatic heterocycles. The molecule has 0 amide bonds. The van der Waals surface area contributed by atoms with Crippen molar-refractivity contribution in [3.8, 4) is 0 Å². The summed E-state index contributed by atoms with van der Waals surface area (Å²) >= 11 is 0. The van der Waals surface area contributed by atoms with Crippen LogP contribution in [-0.4, -0.2) is 25.8 Å². The number of carbonyl (C=O) groups is 2. The van der Waals surface area contributed by atoms with E-state index in [1.165, 1.54) is 0 Å². The zero-order valence-electron chi connectivity index (χ0n) is 24.2. The minimum atomic E-state index is -3.58. The van der Waals surface area contributed by atoms with Crippen molar-refractivity contribution in [2.24, 2.45) is 11.3 Å².